The number of nitrogens with zero attached hydrogens (tertiary/aromatic N) is 2. The molecule has 0 saturated carbocycles. The predicted molar refractivity (Wildman–Crippen MR) is 86.8 cm³/mol. The van der Waals surface area contributed by atoms with Crippen molar-refractivity contribution < 1.29 is 17.6 Å². The topological polar surface area (TPSA) is 29.3 Å². The summed E-state index contributed by atoms with van der Waals surface area (Å²) in [5.74, 6) is 0.883. The molecule has 1 aromatic heterocycles. The Kier molecular flexibility index (Phi) is 4.60. The highest BCUT2D eigenvalue weighted by Crippen LogP contribution is 2.37. The van der Waals surface area contributed by atoms with Crippen molar-refractivity contribution in [2.24, 2.45) is 5.92 Å². The van der Waals surface area contributed by atoms with Gasteiger partial charge in [-0.1, -0.05) is 20.8 Å². The van der Waals surface area contributed by atoms with Crippen LogP contribution in [0.2, 0.25) is 0 Å². The third-order valence-electron chi connectivity index (χ3n) is 4.51. The first-order chi connectivity index (χ1) is 11.2. The average molecular weight is 340 g/mol. The molecule has 1 aliphatic heterocycles. The first-order valence-corrected chi connectivity index (χ1v) is 8.47. The van der Waals surface area contributed by atoms with Crippen LogP contribution in [0.25, 0.3) is 11.1 Å². The molecule has 0 unspecified atom stereocenters. The van der Waals surface area contributed by atoms with Crippen molar-refractivity contribution in [3.8, 4) is 0 Å². The third-order valence-corrected chi connectivity index (χ3v) is 4.51. The molecule has 0 amide bonds. The molecule has 1 fully saturated rings. The molecule has 0 bridgehead atoms. The molecule has 1 atom stereocenters. The normalized spacial score (nSPS) is 20.2. The number of fused-ring (bicyclic) bond motifs is 1. The molecule has 0 aliphatic carbocycles. The van der Waals surface area contributed by atoms with Crippen molar-refractivity contribution in [2.75, 3.05) is 13.1 Å². The van der Waals surface area contributed by atoms with E-state index in [9.17, 15) is 13.2 Å². The highest BCUT2D eigenvalue weighted by Gasteiger charge is 2.35. The number of rotatable bonds is 3. The number of benzene rings is 1. The van der Waals surface area contributed by atoms with Crippen molar-refractivity contribution in [1.29, 1.82) is 0 Å². The average Bonchev–Trinajstić information content (AvgIpc) is 2.89. The Morgan fingerprint density at radius 1 is 1.33 bits per heavy atom. The van der Waals surface area contributed by atoms with Gasteiger partial charge < -0.3 is 4.42 Å². The summed E-state index contributed by atoms with van der Waals surface area (Å²) < 4.78 is 45.7. The Bertz CT molecular complexity index is 721. The second-order valence-corrected chi connectivity index (χ2v) is 7.18. The number of likely N-dealkylation sites (tertiary alicyclic amines) is 1. The molecule has 3 nitrogen and oxygen atoms in total. The second kappa shape index (κ2) is 6.39. The van der Waals surface area contributed by atoms with Gasteiger partial charge in [-0.15, -0.1) is 0 Å². The maximum atomic E-state index is 13.4. The minimum absolute atomic E-state index is 0.0510. The molecule has 3 rings (SSSR count). The van der Waals surface area contributed by atoms with Crippen molar-refractivity contribution >= 4 is 11.1 Å². The minimum atomic E-state index is -4.45. The summed E-state index contributed by atoms with van der Waals surface area (Å²) >= 11 is 0. The molecular weight excluding hydrogens is 317 g/mol. The van der Waals surface area contributed by atoms with Crippen LogP contribution in [0.3, 0.4) is 0 Å². The number of alkyl halides is 3. The summed E-state index contributed by atoms with van der Waals surface area (Å²) in [5.41, 5.74) is 0.0718. The van der Waals surface area contributed by atoms with E-state index >= 15 is 0 Å². The zero-order valence-corrected chi connectivity index (χ0v) is 14.3. The quantitative estimate of drug-likeness (QED) is 0.769. The van der Waals surface area contributed by atoms with E-state index in [0.29, 0.717) is 29.4 Å². The first-order valence-electron chi connectivity index (χ1n) is 8.47. The van der Waals surface area contributed by atoms with Crippen LogP contribution in [0.5, 0.6) is 0 Å². The van der Waals surface area contributed by atoms with E-state index in [1.807, 2.05) is 13.8 Å². The number of oxazole rings is 1. The van der Waals surface area contributed by atoms with Gasteiger partial charge in [0, 0.05) is 19.0 Å². The molecule has 2 aromatic rings. The zero-order valence-electron chi connectivity index (χ0n) is 14.3. The molecule has 24 heavy (non-hydrogen) atoms. The lowest BCUT2D eigenvalue weighted by atomic mass is 9.99. The third kappa shape index (κ3) is 3.58. The lowest BCUT2D eigenvalue weighted by Gasteiger charge is -2.30. The molecule has 0 radical (unpaired) electrons. The van der Waals surface area contributed by atoms with Crippen LogP contribution in [-0.2, 0) is 12.7 Å². The molecule has 0 spiro atoms. The van der Waals surface area contributed by atoms with Crippen LogP contribution in [-0.4, -0.2) is 23.0 Å². The molecule has 6 heteroatoms. The van der Waals surface area contributed by atoms with Gasteiger partial charge in [0.05, 0.1) is 0 Å². The molecule has 132 valence electrons. The Morgan fingerprint density at radius 2 is 2.08 bits per heavy atom. The SMILES string of the molecule is CC(C)c1nc2cc(CN3CCC[C@@H](C)C3)cc(C(F)(F)F)c2o1. The standard InChI is InChI=1S/C18H23F3N2O/c1-11(2)17-22-15-8-13(10-23-6-4-5-12(3)9-23)7-14(16(15)24-17)18(19,20)21/h7-8,11-12H,4-6,9-10H2,1-3H3/t12-/m1/s1. The Hall–Kier alpha value is -1.56. The number of aromatic nitrogens is 1. The van der Waals surface area contributed by atoms with Gasteiger partial charge in [0.25, 0.3) is 0 Å². The van der Waals surface area contributed by atoms with Crippen molar-refractivity contribution in [2.45, 2.75) is 52.3 Å². The lowest BCUT2D eigenvalue weighted by molar-refractivity contribution is -0.136. The van der Waals surface area contributed by atoms with Crippen LogP contribution >= 0.6 is 0 Å². The van der Waals surface area contributed by atoms with E-state index in [1.54, 1.807) is 6.07 Å². The summed E-state index contributed by atoms with van der Waals surface area (Å²) in [7, 11) is 0. The summed E-state index contributed by atoms with van der Waals surface area (Å²) in [5, 5.41) is 0. The van der Waals surface area contributed by atoms with E-state index in [4.69, 9.17) is 4.42 Å². The number of halogens is 3. The fourth-order valence-electron chi connectivity index (χ4n) is 3.35. The number of hydrogen-bond donors (Lipinski definition) is 0. The maximum Gasteiger partial charge on any atom is 0.420 e. The smallest absolute Gasteiger partial charge is 0.420 e. The van der Waals surface area contributed by atoms with Crippen molar-refractivity contribution in [3.63, 3.8) is 0 Å². The Labute approximate surface area is 139 Å². The van der Waals surface area contributed by atoms with Crippen LogP contribution in [0.1, 0.15) is 56.5 Å². The van der Waals surface area contributed by atoms with Gasteiger partial charge in [0.1, 0.15) is 11.1 Å². The van der Waals surface area contributed by atoms with Crippen LogP contribution in [0.15, 0.2) is 16.5 Å². The van der Waals surface area contributed by atoms with E-state index < -0.39 is 11.7 Å². The molecule has 2 heterocycles. The van der Waals surface area contributed by atoms with Gasteiger partial charge >= 0.3 is 6.18 Å². The van der Waals surface area contributed by atoms with Crippen molar-refractivity contribution in [1.82, 2.24) is 9.88 Å². The van der Waals surface area contributed by atoms with E-state index in [0.717, 1.165) is 19.5 Å². The van der Waals surface area contributed by atoms with Gasteiger partial charge in [-0.2, -0.15) is 13.2 Å². The van der Waals surface area contributed by atoms with Crippen LogP contribution < -0.4 is 0 Å². The zero-order chi connectivity index (χ0) is 17.5. The molecule has 1 saturated heterocycles. The minimum Gasteiger partial charge on any atom is -0.440 e. The van der Waals surface area contributed by atoms with Gasteiger partial charge in [-0.3, -0.25) is 4.90 Å². The lowest BCUT2D eigenvalue weighted by Crippen LogP contribution is -2.33. The van der Waals surface area contributed by atoms with Gasteiger partial charge in [-0.25, -0.2) is 4.98 Å². The molecule has 1 aliphatic rings. The first kappa shape index (κ1) is 17.3. The summed E-state index contributed by atoms with van der Waals surface area (Å²) in [6.45, 7) is 8.27. The monoisotopic (exact) mass is 340 g/mol. The summed E-state index contributed by atoms with van der Waals surface area (Å²) in [4.78, 5) is 6.49. The number of hydrogen-bond acceptors (Lipinski definition) is 3. The Morgan fingerprint density at radius 3 is 2.71 bits per heavy atom. The second-order valence-electron chi connectivity index (χ2n) is 7.18. The van der Waals surface area contributed by atoms with Crippen molar-refractivity contribution in [3.05, 3.63) is 29.2 Å². The maximum absolute atomic E-state index is 13.4. The molecule has 1 aromatic carbocycles. The van der Waals surface area contributed by atoms with Gasteiger partial charge in [0.2, 0.25) is 0 Å². The molecule has 0 N–H and O–H groups in total. The van der Waals surface area contributed by atoms with Gasteiger partial charge in [-0.05, 0) is 43.0 Å². The van der Waals surface area contributed by atoms with E-state index in [2.05, 4.69) is 16.8 Å². The van der Waals surface area contributed by atoms with Crippen LogP contribution in [0.4, 0.5) is 13.2 Å². The summed E-state index contributed by atoms with van der Waals surface area (Å²) in [6, 6.07) is 2.95. The van der Waals surface area contributed by atoms with E-state index in [-0.39, 0.29) is 11.5 Å². The largest absolute Gasteiger partial charge is 0.440 e. The van der Waals surface area contributed by atoms with E-state index in [1.165, 1.54) is 12.5 Å². The highest BCUT2D eigenvalue weighted by atomic mass is 19.4. The predicted octanol–water partition coefficient (Wildman–Crippen LogP) is 5.20. The highest BCUT2D eigenvalue weighted by molar-refractivity contribution is 5.78. The Balaban J connectivity index is 1.99. The fourth-order valence-corrected chi connectivity index (χ4v) is 3.35. The van der Waals surface area contributed by atoms with Gasteiger partial charge in [0.15, 0.2) is 11.5 Å². The number of piperidine rings is 1. The van der Waals surface area contributed by atoms with Crippen LogP contribution in [0, 0.1) is 5.92 Å². The summed E-state index contributed by atoms with van der Waals surface area (Å²) in [6.07, 6.45) is -2.17. The molecular formula is C18H23F3N2O. The fraction of sp³-hybridized carbons (Fsp3) is 0.611.